The van der Waals surface area contributed by atoms with E-state index in [2.05, 4.69) is 28.9 Å². The van der Waals surface area contributed by atoms with E-state index in [1.165, 1.54) is 103 Å². The van der Waals surface area contributed by atoms with Gasteiger partial charge in [-0.2, -0.15) is 0 Å². The van der Waals surface area contributed by atoms with E-state index in [1.54, 1.807) is 4.90 Å². The molecule has 0 saturated heterocycles. The van der Waals surface area contributed by atoms with Crippen LogP contribution in [0.25, 0.3) is 0 Å². The number of hydrogen-bond donors (Lipinski definition) is 1. The molecule has 32 heavy (non-hydrogen) atoms. The van der Waals surface area contributed by atoms with Gasteiger partial charge in [-0.3, -0.25) is 0 Å². The van der Waals surface area contributed by atoms with Crippen molar-refractivity contribution in [3.8, 4) is 0 Å². The fourth-order valence-electron chi connectivity index (χ4n) is 3.47. The zero-order chi connectivity index (χ0) is 24.4. The molecule has 0 unspecified atom stereocenters. The summed E-state index contributed by atoms with van der Waals surface area (Å²) in [6.45, 7) is 3.64. The monoisotopic (exact) mass is 462 g/mol. The third kappa shape index (κ3) is 14.1. The maximum Gasteiger partial charge on any atom is 0.200 e. The van der Waals surface area contributed by atoms with E-state index in [0.717, 1.165) is 0 Å². The number of unbranched alkanes of at least 4 members (excludes halogenated alkanes) is 14. The van der Waals surface area contributed by atoms with Crippen LogP contribution in [0.5, 0.6) is 0 Å². The first-order chi connectivity index (χ1) is 15.2. The third-order valence-corrected chi connectivity index (χ3v) is 5.52. The van der Waals surface area contributed by atoms with Gasteiger partial charge >= 0.3 is 0 Å². The Balaban J connectivity index is 0.000000677. The lowest BCUT2D eigenvalue weighted by Gasteiger charge is -2.06. The average Bonchev–Trinajstić information content (AvgIpc) is 2.78. The van der Waals surface area contributed by atoms with Gasteiger partial charge in [-0.05, 0) is 18.3 Å². The van der Waals surface area contributed by atoms with Gasteiger partial charge in [-0.25, -0.2) is 22.0 Å². The van der Waals surface area contributed by atoms with Gasteiger partial charge in [0, 0.05) is 0 Å². The molecule has 184 valence electrons. The quantitative estimate of drug-likeness (QED) is 0.0984. The molecule has 7 heteroatoms. The van der Waals surface area contributed by atoms with E-state index < -0.39 is 34.5 Å². The summed E-state index contributed by atoms with van der Waals surface area (Å²) in [6, 6.07) is 0. The van der Waals surface area contributed by atoms with Gasteiger partial charge in [-0.1, -0.05) is 90.4 Å². The molecule has 0 atom stereocenters. The van der Waals surface area contributed by atoms with Crippen molar-refractivity contribution in [3.63, 3.8) is 0 Å². The van der Waals surface area contributed by atoms with Gasteiger partial charge in [0.15, 0.2) is 29.1 Å². The van der Waals surface area contributed by atoms with E-state index in [4.69, 9.17) is 0 Å². The van der Waals surface area contributed by atoms with Crippen LogP contribution in [0.1, 0.15) is 103 Å². The van der Waals surface area contributed by atoms with E-state index in [1.807, 2.05) is 0 Å². The molecular weight excluding hydrogens is 420 g/mol. The molecule has 0 amide bonds. The normalized spacial score (nSPS) is 11.0. The summed E-state index contributed by atoms with van der Waals surface area (Å²) in [5.41, 5.74) is -1.37. The summed E-state index contributed by atoms with van der Waals surface area (Å²) in [5.74, 6) is -10.3. The van der Waals surface area contributed by atoms with Crippen molar-refractivity contribution >= 4 is 13.3 Å². The van der Waals surface area contributed by atoms with Crippen molar-refractivity contribution in [3.05, 3.63) is 29.1 Å². The minimum atomic E-state index is -2.21. The van der Waals surface area contributed by atoms with Crippen LogP contribution >= 0.6 is 0 Å². The molecule has 0 saturated carbocycles. The first-order valence-electron chi connectivity index (χ1n) is 12.3. The summed E-state index contributed by atoms with van der Waals surface area (Å²) in [7, 11) is 9.06. The molecule has 1 aromatic carbocycles. The maximum atomic E-state index is 12.3. The fraction of sp³-hybridized carbons (Fsp3) is 0.760. The molecule has 0 aliphatic rings. The van der Waals surface area contributed by atoms with E-state index in [9.17, 15) is 22.0 Å². The van der Waals surface area contributed by atoms with Gasteiger partial charge in [-0.15, -0.1) is 0 Å². The van der Waals surface area contributed by atoms with Crippen molar-refractivity contribution < 1.29 is 26.9 Å². The lowest BCUT2D eigenvalue weighted by Crippen LogP contribution is -3.05. The van der Waals surface area contributed by atoms with Crippen LogP contribution < -0.4 is 10.4 Å². The van der Waals surface area contributed by atoms with Crippen LogP contribution in [0, 0.1) is 29.1 Å². The van der Waals surface area contributed by atoms with Gasteiger partial charge in [0.2, 0.25) is 0 Å². The molecule has 1 rings (SSSR count). The Hall–Kier alpha value is -1.11. The number of benzene rings is 1. The minimum absolute atomic E-state index is 1.35. The first-order valence-corrected chi connectivity index (χ1v) is 12.3. The highest BCUT2D eigenvalue weighted by Gasteiger charge is 2.22. The number of halogens is 5. The Kier molecular flexibility index (Phi) is 18.7. The van der Waals surface area contributed by atoms with Crippen LogP contribution in [0.3, 0.4) is 0 Å². The predicted molar refractivity (Wildman–Crippen MR) is 124 cm³/mol. The van der Waals surface area contributed by atoms with Crippen molar-refractivity contribution in [1.29, 1.82) is 0 Å². The van der Waals surface area contributed by atoms with Gasteiger partial charge in [0.1, 0.15) is 7.85 Å². The topological polar surface area (TPSA) is 4.44 Å². The molecule has 0 fully saturated rings. The lowest BCUT2D eigenvalue weighted by molar-refractivity contribution is -0.858. The van der Waals surface area contributed by atoms with Crippen molar-refractivity contribution in [2.45, 2.75) is 103 Å². The molecule has 1 nitrogen and oxygen atoms in total. The molecule has 0 bridgehead atoms. The van der Waals surface area contributed by atoms with Gasteiger partial charge in [0.25, 0.3) is 0 Å². The highest BCUT2D eigenvalue weighted by atomic mass is 19.2. The fourth-order valence-corrected chi connectivity index (χ4v) is 3.47. The minimum Gasteiger partial charge on any atom is -0.340 e. The van der Waals surface area contributed by atoms with Gasteiger partial charge < -0.3 is 4.90 Å². The van der Waals surface area contributed by atoms with Crippen molar-refractivity contribution in [1.82, 2.24) is 0 Å². The number of quaternary nitrogens is 1. The number of rotatable bonds is 16. The summed E-state index contributed by atoms with van der Waals surface area (Å²) < 4.78 is 61.1. The first kappa shape index (κ1) is 30.9. The summed E-state index contributed by atoms with van der Waals surface area (Å²) >= 11 is 0. The van der Waals surface area contributed by atoms with Crippen LogP contribution in [0.15, 0.2) is 0 Å². The highest BCUT2D eigenvalue weighted by molar-refractivity contribution is 6.32. The number of nitrogens with one attached hydrogen (secondary N) is 1. The van der Waals surface area contributed by atoms with Crippen LogP contribution in [0.2, 0.25) is 0 Å². The maximum absolute atomic E-state index is 12.3. The molecule has 0 heterocycles. The predicted octanol–water partition coefficient (Wildman–Crippen LogP) is 6.18. The standard InChI is InChI=1S/C19H41N.C6BF5/c1-4-5-6-7-8-9-10-11-12-13-14-15-16-17-18-19-20(2)3;7-1-2(8)4(10)6(12)5(11)3(1)9/h4-19H2,1-3H3;/p+1. The highest BCUT2D eigenvalue weighted by Crippen LogP contribution is 2.15. The summed E-state index contributed by atoms with van der Waals surface area (Å²) in [6.07, 6.45) is 21.9. The Morgan fingerprint density at radius 3 is 1.09 bits per heavy atom. The lowest BCUT2D eigenvalue weighted by atomic mass is 9.94. The Labute approximate surface area is 193 Å². The van der Waals surface area contributed by atoms with E-state index in [0.29, 0.717) is 0 Å². The molecule has 0 aromatic heterocycles. The third-order valence-electron chi connectivity index (χ3n) is 5.52. The van der Waals surface area contributed by atoms with Gasteiger partial charge in [0.05, 0.1) is 20.6 Å². The number of hydrogen-bond acceptors (Lipinski definition) is 0. The second-order valence-corrected chi connectivity index (χ2v) is 8.89. The summed E-state index contributed by atoms with van der Waals surface area (Å²) in [5, 5.41) is 0. The Bertz CT molecular complexity index is 505. The molecular formula is C25H42BF5N+. The second kappa shape index (κ2) is 19.4. The van der Waals surface area contributed by atoms with Crippen molar-refractivity contribution in [2.75, 3.05) is 20.6 Å². The zero-order valence-electron chi connectivity index (χ0n) is 20.3. The molecule has 1 aromatic rings. The molecule has 0 aliphatic carbocycles. The Morgan fingerprint density at radius 1 is 0.500 bits per heavy atom. The SMILES string of the molecule is CCCCCCCCCCCCCCCCC[NH+](C)C.[B]c1c(F)c(F)c(F)c(F)c1F. The van der Waals surface area contributed by atoms with Crippen LogP contribution in [0.4, 0.5) is 22.0 Å². The Morgan fingerprint density at radius 2 is 0.781 bits per heavy atom. The second-order valence-electron chi connectivity index (χ2n) is 8.89. The van der Waals surface area contributed by atoms with E-state index >= 15 is 0 Å². The largest absolute Gasteiger partial charge is 0.340 e. The smallest absolute Gasteiger partial charge is 0.200 e. The molecule has 1 N–H and O–H groups in total. The molecule has 2 radical (unpaired) electrons. The van der Waals surface area contributed by atoms with E-state index in [-0.39, 0.29) is 0 Å². The van der Waals surface area contributed by atoms with Crippen molar-refractivity contribution in [2.24, 2.45) is 0 Å². The van der Waals surface area contributed by atoms with Crippen LogP contribution in [-0.2, 0) is 0 Å². The van der Waals surface area contributed by atoms with Crippen LogP contribution in [-0.4, -0.2) is 28.5 Å². The molecule has 0 spiro atoms. The average molecular weight is 462 g/mol. The summed E-state index contributed by atoms with van der Waals surface area (Å²) in [4.78, 5) is 1.60. The molecule has 0 aliphatic heterocycles. The zero-order valence-corrected chi connectivity index (χ0v) is 20.3.